The quantitative estimate of drug-likeness (QED) is 0.472. The van der Waals surface area contributed by atoms with E-state index in [1.54, 1.807) is 6.07 Å². The van der Waals surface area contributed by atoms with Crippen LogP contribution in [0, 0.1) is 6.92 Å². The number of sulfonamides is 1. The van der Waals surface area contributed by atoms with Gasteiger partial charge in [0.2, 0.25) is 10.0 Å². The molecule has 1 aliphatic rings. The number of carbonyl (C=O) groups excluding carboxylic acids is 1. The van der Waals surface area contributed by atoms with Gasteiger partial charge in [0, 0.05) is 18.0 Å². The first-order valence-electron chi connectivity index (χ1n) is 5.52. The van der Waals surface area contributed by atoms with E-state index in [-0.39, 0.29) is 11.7 Å². The minimum Gasteiger partial charge on any atom is -0.289 e. The average Bonchev–Trinajstić information content (AvgIpc) is 2.83. The van der Waals surface area contributed by atoms with Crippen LogP contribution in [0.15, 0.2) is 6.07 Å². The number of nitrogens with two attached hydrogens (primary N) is 1. The van der Waals surface area contributed by atoms with Gasteiger partial charge in [-0.1, -0.05) is 0 Å². The number of carbonyl (C=O) groups is 1. The van der Waals surface area contributed by atoms with Gasteiger partial charge in [0.15, 0.2) is 0 Å². The monoisotopic (exact) mass is 289 g/mol. The molecule has 0 aliphatic carbocycles. The third kappa shape index (κ3) is 2.56. The molecule has 6 nitrogen and oxygen atoms in total. The topological polar surface area (TPSA) is 92.5 Å². The van der Waals surface area contributed by atoms with E-state index in [4.69, 9.17) is 5.84 Å². The summed E-state index contributed by atoms with van der Waals surface area (Å²) in [5.41, 5.74) is 2.94. The van der Waals surface area contributed by atoms with Crippen molar-refractivity contribution in [1.82, 2.24) is 9.73 Å². The van der Waals surface area contributed by atoms with Crippen LogP contribution in [-0.4, -0.2) is 30.9 Å². The highest BCUT2D eigenvalue weighted by Gasteiger charge is 2.29. The second kappa shape index (κ2) is 4.96. The number of amides is 1. The van der Waals surface area contributed by atoms with Crippen LogP contribution < -0.4 is 11.3 Å². The van der Waals surface area contributed by atoms with Crippen LogP contribution in [0.3, 0.4) is 0 Å². The molecule has 0 bridgehead atoms. The molecule has 1 aromatic rings. The Morgan fingerprint density at radius 3 is 2.89 bits per heavy atom. The molecule has 0 spiro atoms. The van der Waals surface area contributed by atoms with Crippen molar-refractivity contribution in [2.75, 3.05) is 12.3 Å². The predicted octanol–water partition coefficient (Wildman–Crippen LogP) is 0.196. The molecule has 1 aliphatic heterocycles. The molecular formula is C10H15N3O3S2. The maximum Gasteiger partial charge on any atom is 0.275 e. The molecule has 0 aromatic carbocycles. The van der Waals surface area contributed by atoms with E-state index >= 15 is 0 Å². The van der Waals surface area contributed by atoms with Crippen LogP contribution in [0.1, 0.15) is 26.5 Å². The fraction of sp³-hybridized carbons (Fsp3) is 0.500. The van der Waals surface area contributed by atoms with Crippen LogP contribution in [0.5, 0.6) is 0 Å². The number of hydrazine groups is 1. The summed E-state index contributed by atoms with van der Waals surface area (Å²) in [4.78, 5) is 12.8. The van der Waals surface area contributed by atoms with Crippen molar-refractivity contribution in [3.8, 4) is 0 Å². The van der Waals surface area contributed by atoms with Crippen LogP contribution in [0.2, 0.25) is 0 Å². The normalized spacial score (nSPS) is 19.0. The van der Waals surface area contributed by atoms with Gasteiger partial charge in [-0.15, -0.1) is 11.3 Å². The number of rotatable bonds is 3. The van der Waals surface area contributed by atoms with Gasteiger partial charge in [0.25, 0.3) is 5.91 Å². The van der Waals surface area contributed by atoms with Crippen molar-refractivity contribution in [1.29, 1.82) is 0 Å². The Bertz CT molecular complexity index is 565. The van der Waals surface area contributed by atoms with Gasteiger partial charge in [-0.2, -0.15) is 4.31 Å². The van der Waals surface area contributed by atoms with Crippen molar-refractivity contribution in [2.45, 2.75) is 19.9 Å². The van der Waals surface area contributed by atoms with Gasteiger partial charge >= 0.3 is 0 Å². The molecule has 2 heterocycles. The summed E-state index contributed by atoms with van der Waals surface area (Å²) >= 11 is 1.32. The first kappa shape index (κ1) is 13.5. The highest BCUT2D eigenvalue weighted by atomic mass is 32.2. The van der Waals surface area contributed by atoms with Gasteiger partial charge in [-0.05, 0) is 25.0 Å². The first-order valence-corrected chi connectivity index (χ1v) is 7.94. The van der Waals surface area contributed by atoms with Crippen molar-refractivity contribution in [2.24, 2.45) is 5.84 Å². The molecular weight excluding hydrogens is 274 g/mol. The lowest BCUT2D eigenvalue weighted by Crippen LogP contribution is -2.29. The number of hydrogen-bond donors (Lipinski definition) is 2. The fourth-order valence-electron chi connectivity index (χ4n) is 1.92. The molecule has 1 amide bonds. The Hall–Kier alpha value is -0.960. The number of nitrogen functional groups attached to an aromatic ring is 1. The number of nitrogens with zero attached hydrogens (tertiary/aromatic N) is 1. The van der Waals surface area contributed by atoms with E-state index in [1.165, 1.54) is 15.6 Å². The molecule has 2 rings (SSSR count). The van der Waals surface area contributed by atoms with Crippen molar-refractivity contribution in [3.05, 3.63) is 21.4 Å². The van der Waals surface area contributed by atoms with Crippen LogP contribution >= 0.6 is 11.3 Å². The molecule has 0 atom stereocenters. The van der Waals surface area contributed by atoms with E-state index in [2.05, 4.69) is 5.43 Å². The molecule has 1 aromatic heterocycles. The molecule has 100 valence electrons. The van der Waals surface area contributed by atoms with Crippen molar-refractivity contribution >= 4 is 27.3 Å². The summed E-state index contributed by atoms with van der Waals surface area (Å²) in [7, 11) is -3.11. The Kier molecular flexibility index (Phi) is 3.71. The van der Waals surface area contributed by atoms with E-state index in [0.29, 0.717) is 24.4 Å². The summed E-state index contributed by atoms with van der Waals surface area (Å²) in [6, 6.07) is 1.70. The van der Waals surface area contributed by atoms with Crippen LogP contribution in [-0.2, 0) is 16.6 Å². The lowest BCUT2D eigenvalue weighted by atomic mass is 10.2. The molecule has 1 saturated heterocycles. The van der Waals surface area contributed by atoms with Crippen molar-refractivity contribution in [3.63, 3.8) is 0 Å². The Morgan fingerprint density at radius 2 is 2.33 bits per heavy atom. The number of hydrogen-bond acceptors (Lipinski definition) is 5. The second-order valence-corrected chi connectivity index (χ2v) is 7.51. The van der Waals surface area contributed by atoms with Gasteiger partial charge in [-0.25, -0.2) is 14.3 Å². The van der Waals surface area contributed by atoms with Gasteiger partial charge in [0.05, 0.1) is 10.6 Å². The fourth-order valence-corrected chi connectivity index (χ4v) is 4.35. The van der Waals surface area contributed by atoms with Gasteiger partial charge < -0.3 is 0 Å². The highest BCUT2D eigenvalue weighted by Crippen LogP contribution is 2.25. The lowest BCUT2D eigenvalue weighted by molar-refractivity contribution is 0.0957. The molecule has 3 N–H and O–H groups in total. The molecule has 8 heteroatoms. The number of nitrogens with one attached hydrogen (secondary N) is 1. The number of thiophene rings is 1. The molecule has 0 unspecified atom stereocenters. The lowest BCUT2D eigenvalue weighted by Gasteiger charge is -2.13. The minimum absolute atomic E-state index is 0.215. The number of aryl methyl sites for hydroxylation is 1. The maximum atomic E-state index is 11.7. The van der Waals surface area contributed by atoms with Gasteiger partial charge in [0.1, 0.15) is 0 Å². The summed E-state index contributed by atoms with van der Waals surface area (Å²) in [6.07, 6.45) is 0.668. The minimum atomic E-state index is -3.11. The van der Waals surface area contributed by atoms with E-state index in [1.807, 2.05) is 6.92 Å². The largest absolute Gasteiger partial charge is 0.289 e. The standard InChI is InChI=1S/C10H15N3O3S2/c1-7-8(5-9(17-7)10(14)12-11)6-13-3-2-4-18(13,15)16/h5H,2-4,6,11H2,1H3,(H,12,14). The zero-order chi connectivity index (χ0) is 13.3. The average molecular weight is 289 g/mol. The molecule has 18 heavy (non-hydrogen) atoms. The Balaban J connectivity index is 2.20. The zero-order valence-corrected chi connectivity index (χ0v) is 11.6. The molecule has 0 radical (unpaired) electrons. The smallest absolute Gasteiger partial charge is 0.275 e. The highest BCUT2D eigenvalue weighted by molar-refractivity contribution is 7.89. The Labute approximate surface area is 110 Å². The third-order valence-electron chi connectivity index (χ3n) is 2.93. The SMILES string of the molecule is Cc1sc(C(=O)NN)cc1CN1CCCS1(=O)=O. The summed E-state index contributed by atoms with van der Waals surface area (Å²) < 4.78 is 24.9. The zero-order valence-electron chi connectivity index (χ0n) is 9.97. The second-order valence-electron chi connectivity index (χ2n) is 4.17. The Morgan fingerprint density at radius 1 is 1.61 bits per heavy atom. The van der Waals surface area contributed by atoms with Crippen molar-refractivity contribution < 1.29 is 13.2 Å². The van der Waals surface area contributed by atoms with E-state index in [0.717, 1.165) is 10.4 Å². The van der Waals surface area contributed by atoms with E-state index in [9.17, 15) is 13.2 Å². The van der Waals surface area contributed by atoms with Gasteiger partial charge in [-0.3, -0.25) is 10.2 Å². The summed E-state index contributed by atoms with van der Waals surface area (Å²) in [5.74, 6) is 4.94. The molecule has 1 fully saturated rings. The van der Waals surface area contributed by atoms with E-state index < -0.39 is 10.0 Å². The summed E-state index contributed by atoms with van der Waals surface area (Å²) in [6.45, 7) is 2.76. The van der Waals surface area contributed by atoms with Crippen LogP contribution in [0.4, 0.5) is 0 Å². The predicted molar refractivity (Wildman–Crippen MR) is 69.5 cm³/mol. The van der Waals surface area contributed by atoms with Crippen LogP contribution in [0.25, 0.3) is 0 Å². The maximum absolute atomic E-state index is 11.7. The third-order valence-corrected chi connectivity index (χ3v) is 5.92. The summed E-state index contributed by atoms with van der Waals surface area (Å²) in [5, 5.41) is 0. The molecule has 0 saturated carbocycles. The first-order chi connectivity index (χ1) is 8.44.